The zero-order valence-corrected chi connectivity index (χ0v) is 13.9. The molecule has 17 heavy (non-hydrogen) atoms. The molecule has 0 saturated heterocycles. The molecule has 0 bridgehead atoms. The topological polar surface area (TPSA) is 36.4 Å². The number of nitrogens with one attached hydrogen (secondary N) is 2. The minimum Gasteiger partial charge on any atom is -0.357 e. The van der Waals surface area contributed by atoms with Gasteiger partial charge in [0.05, 0.1) is 6.54 Å². The minimum absolute atomic E-state index is 0. The first-order chi connectivity index (χ1) is 7.76. The predicted octanol–water partition coefficient (Wildman–Crippen LogP) is 3.14. The summed E-state index contributed by atoms with van der Waals surface area (Å²) in [7, 11) is 0. The van der Waals surface area contributed by atoms with E-state index in [2.05, 4.69) is 48.5 Å². The molecule has 1 rings (SSSR count). The van der Waals surface area contributed by atoms with Crippen molar-refractivity contribution in [2.45, 2.75) is 33.7 Å². The van der Waals surface area contributed by atoms with Crippen molar-refractivity contribution < 1.29 is 0 Å². The molecule has 0 amide bonds. The molecule has 0 aromatic carbocycles. The first-order valence-corrected chi connectivity index (χ1v) is 6.65. The maximum absolute atomic E-state index is 4.54. The summed E-state index contributed by atoms with van der Waals surface area (Å²) < 4.78 is 0. The summed E-state index contributed by atoms with van der Waals surface area (Å²) in [6.45, 7) is 8.99. The number of halogens is 1. The minimum atomic E-state index is 0. The SMILES string of the molecule is CCCNC(=NCc1ccc(C)s1)NCC.I. The standard InChI is InChI=1S/C12H21N3S.HI/c1-4-8-14-12(13-5-2)15-9-11-7-6-10(3)16-11;/h6-7H,4-5,8-9H2,1-3H3,(H2,13,14,15);1H. The van der Waals surface area contributed by atoms with Gasteiger partial charge in [0, 0.05) is 22.8 Å². The number of aliphatic imine (C=N–C) groups is 1. The molecule has 1 aromatic rings. The highest BCUT2D eigenvalue weighted by molar-refractivity contribution is 14.0. The molecular weight excluding hydrogens is 345 g/mol. The van der Waals surface area contributed by atoms with Gasteiger partial charge >= 0.3 is 0 Å². The van der Waals surface area contributed by atoms with E-state index in [1.54, 1.807) is 0 Å². The Bertz CT molecular complexity index is 336. The molecule has 98 valence electrons. The Hall–Kier alpha value is -0.300. The van der Waals surface area contributed by atoms with Crippen LogP contribution in [-0.4, -0.2) is 19.0 Å². The van der Waals surface area contributed by atoms with Crippen LogP contribution in [0, 0.1) is 6.92 Å². The first-order valence-electron chi connectivity index (χ1n) is 5.83. The van der Waals surface area contributed by atoms with Crippen LogP contribution in [0.25, 0.3) is 0 Å². The smallest absolute Gasteiger partial charge is 0.191 e. The lowest BCUT2D eigenvalue weighted by Gasteiger charge is -2.09. The summed E-state index contributed by atoms with van der Waals surface area (Å²) in [5, 5.41) is 6.53. The number of hydrogen-bond acceptors (Lipinski definition) is 2. The molecule has 0 fully saturated rings. The van der Waals surface area contributed by atoms with Crippen molar-refractivity contribution in [2.75, 3.05) is 13.1 Å². The summed E-state index contributed by atoms with van der Waals surface area (Å²) in [5.74, 6) is 0.912. The summed E-state index contributed by atoms with van der Waals surface area (Å²) in [6, 6.07) is 4.29. The van der Waals surface area contributed by atoms with Crippen molar-refractivity contribution >= 4 is 41.3 Å². The van der Waals surface area contributed by atoms with Gasteiger partial charge in [0.15, 0.2) is 5.96 Å². The van der Waals surface area contributed by atoms with Crippen LogP contribution >= 0.6 is 35.3 Å². The van der Waals surface area contributed by atoms with E-state index in [9.17, 15) is 0 Å². The van der Waals surface area contributed by atoms with Crippen molar-refractivity contribution in [1.82, 2.24) is 10.6 Å². The van der Waals surface area contributed by atoms with Gasteiger partial charge < -0.3 is 10.6 Å². The summed E-state index contributed by atoms with van der Waals surface area (Å²) in [6.07, 6.45) is 1.11. The number of aryl methyl sites for hydroxylation is 1. The van der Waals surface area contributed by atoms with Gasteiger partial charge in [0.2, 0.25) is 0 Å². The Kier molecular flexibility index (Phi) is 9.53. The fourth-order valence-electron chi connectivity index (χ4n) is 1.31. The number of thiophene rings is 1. The van der Waals surface area contributed by atoms with Gasteiger partial charge in [0.25, 0.3) is 0 Å². The quantitative estimate of drug-likeness (QED) is 0.477. The van der Waals surface area contributed by atoms with Crippen LogP contribution in [0.1, 0.15) is 30.0 Å². The third kappa shape index (κ3) is 6.88. The Labute approximate surface area is 125 Å². The molecule has 1 aromatic heterocycles. The first kappa shape index (κ1) is 16.7. The third-order valence-electron chi connectivity index (χ3n) is 2.08. The molecular formula is C12H22IN3S. The van der Waals surface area contributed by atoms with Gasteiger partial charge in [-0.25, -0.2) is 4.99 Å². The number of hydrogen-bond donors (Lipinski definition) is 2. The van der Waals surface area contributed by atoms with E-state index in [0.717, 1.165) is 32.0 Å². The molecule has 0 radical (unpaired) electrons. The second-order valence-electron chi connectivity index (χ2n) is 3.63. The highest BCUT2D eigenvalue weighted by atomic mass is 127. The lowest BCUT2D eigenvalue weighted by molar-refractivity contribution is 0.786. The van der Waals surface area contributed by atoms with E-state index in [-0.39, 0.29) is 24.0 Å². The van der Waals surface area contributed by atoms with Gasteiger partial charge in [-0.3, -0.25) is 0 Å². The molecule has 0 atom stereocenters. The molecule has 0 aliphatic carbocycles. The van der Waals surface area contributed by atoms with E-state index in [1.807, 2.05) is 11.3 Å². The normalized spacial score (nSPS) is 10.9. The van der Waals surface area contributed by atoms with E-state index in [0.29, 0.717) is 0 Å². The lowest BCUT2D eigenvalue weighted by Crippen LogP contribution is -2.37. The van der Waals surface area contributed by atoms with Crippen LogP contribution in [0.3, 0.4) is 0 Å². The van der Waals surface area contributed by atoms with Crippen LogP contribution < -0.4 is 10.6 Å². The third-order valence-corrected chi connectivity index (χ3v) is 3.06. The van der Waals surface area contributed by atoms with Crippen LogP contribution in [-0.2, 0) is 6.54 Å². The van der Waals surface area contributed by atoms with Gasteiger partial charge in [-0.15, -0.1) is 35.3 Å². The monoisotopic (exact) mass is 367 g/mol. The van der Waals surface area contributed by atoms with E-state index in [1.165, 1.54) is 9.75 Å². The molecule has 0 spiro atoms. The molecule has 5 heteroatoms. The van der Waals surface area contributed by atoms with Crippen LogP contribution in [0.4, 0.5) is 0 Å². The van der Waals surface area contributed by atoms with E-state index in [4.69, 9.17) is 0 Å². The maximum atomic E-state index is 4.54. The van der Waals surface area contributed by atoms with Crippen LogP contribution in [0.2, 0.25) is 0 Å². The Morgan fingerprint density at radius 3 is 2.59 bits per heavy atom. The summed E-state index contributed by atoms with van der Waals surface area (Å²) >= 11 is 1.81. The molecule has 1 heterocycles. The maximum Gasteiger partial charge on any atom is 0.191 e. The average molecular weight is 367 g/mol. The second-order valence-corrected chi connectivity index (χ2v) is 5.01. The van der Waals surface area contributed by atoms with Crippen LogP contribution in [0.15, 0.2) is 17.1 Å². The van der Waals surface area contributed by atoms with Gasteiger partial charge in [-0.1, -0.05) is 6.92 Å². The zero-order valence-electron chi connectivity index (χ0n) is 10.7. The molecule has 0 aliphatic heterocycles. The van der Waals surface area contributed by atoms with Crippen molar-refractivity contribution in [3.8, 4) is 0 Å². The fourth-order valence-corrected chi connectivity index (χ4v) is 2.13. The van der Waals surface area contributed by atoms with E-state index < -0.39 is 0 Å². The Balaban J connectivity index is 0.00000256. The highest BCUT2D eigenvalue weighted by Crippen LogP contribution is 2.15. The molecule has 0 saturated carbocycles. The van der Waals surface area contributed by atoms with E-state index >= 15 is 0 Å². The largest absolute Gasteiger partial charge is 0.357 e. The average Bonchev–Trinajstić information content (AvgIpc) is 2.68. The number of nitrogens with zero attached hydrogens (tertiary/aromatic N) is 1. The van der Waals surface area contributed by atoms with Gasteiger partial charge in [-0.05, 0) is 32.4 Å². The zero-order chi connectivity index (χ0) is 11.8. The lowest BCUT2D eigenvalue weighted by atomic mass is 10.4. The van der Waals surface area contributed by atoms with Crippen molar-refractivity contribution in [2.24, 2.45) is 4.99 Å². The highest BCUT2D eigenvalue weighted by Gasteiger charge is 1.98. The Morgan fingerprint density at radius 1 is 1.29 bits per heavy atom. The van der Waals surface area contributed by atoms with Crippen LogP contribution in [0.5, 0.6) is 0 Å². The van der Waals surface area contributed by atoms with Gasteiger partial charge in [-0.2, -0.15) is 0 Å². The molecule has 0 aliphatic rings. The fraction of sp³-hybridized carbons (Fsp3) is 0.583. The summed E-state index contributed by atoms with van der Waals surface area (Å²) in [5.41, 5.74) is 0. The molecule has 0 unspecified atom stereocenters. The van der Waals surface area contributed by atoms with Crippen molar-refractivity contribution in [1.29, 1.82) is 0 Å². The van der Waals surface area contributed by atoms with Crippen molar-refractivity contribution in [3.63, 3.8) is 0 Å². The Morgan fingerprint density at radius 2 is 2.06 bits per heavy atom. The molecule has 2 N–H and O–H groups in total. The van der Waals surface area contributed by atoms with Gasteiger partial charge in [0.1, 0.15) is 0 Å². The number of rotatable bonds is 5. The summed E-state index contributed by atoms with van der Waals surface area (Å²) in [4.78, 5) is 7.19. The van der Waals surface area contributed by atoms with Crippen molar-refractivity contribution in [3.05, 3.63) is 21.9 Å². The molecule has 3 nitrogen and oxygen atoms in total. The number of guanidine groups is 1. The second kappa shape index (κ2) is 9.70. The predicted molar refractivity (Wildman–Crippen MR) is 87.6 cm³/mol.